The van der Waals surface area contributed by atoms with E-state index >= 15 is 0 Å². The number of aromatic nitrogens is 2. The van der Waals surface area contributed by atoms with Gasteiger partial charge in [-0.3, -0.25) is 10.1 Å². The van der Waals surface area contributed by atoms with Gasteiger partial charge in [-0.25, -0.2) is 4.98 Å². The highest BCUT2D eigenvalue weighted by Crippen LogP contribution is 2.30. The molecule has 18 heavy (non-hydrogen) atoms. The number of nitrogen functional groups attached to an aromatic ring is 1. The highest BCUT2D eigenvalue weighted by atomic mass is 16.6. The number of aryl methyl sites for hydroxylation is 1. The maximum absolute atomic E-state index is 11.1. The second kappa shape index (κ2) is 5.58. The van der Waals surface area contributed by atoms with Crippen molar-refractivity contribution in [2.24, 2.45) is 0 Å². The molecule has 0 radical (unpaired) electrons. The van der Waals surface area contributed by atoms with Gasteiger partial charge in [0.15, 0.2) is 0 Å². The second-order valence-electron chi connectivity index (χ2n) is 4.11. The maximum atomic E-state index is 11.1. The maximum Gasteiger partial charge on any atom is 0.332 e. The fourth-order valence-corrected chi connectivity index (χ4v) is 1.70. The SMILES string of the molecule is Cc1nc(N)nc(N(CCO)C(C)C)c1[N+](=O)[O-]. The van der Waals surface area contributed by atoms with Gasteiger partial charge < -0.3 is 15.7 Å². The molecule has 0 spiro atoms. The van der Waals surface area contributed by atoms with Gasteiger partial charge in [0.2, 0.25) is 11.8 Å². The topological polar surface area (TPSA) is 118 Å². The summed E-state index contributed by atoms with van der Waals surface area (Å²) >= 11 is 0. The van der Waals surface area contributed by atoms with Crippen LogP contribution < -0.4 is 10.6 Å². The quantitative estimate of drug-likeness (QED) is 0.580. The molecular formula is C10H17N5O3. The molecule has 1 aromatic heterocycles. The second-order valence-corrected chi connectivity index (χ2v) is 4.11. The largest absolute Gasteiger partial charge is 0.395 e. The summed E-state index contributed by atoms with van der Waals surface area (Å²) in [4.78, 5) is 19.9. The lowest BCUT2D eigenvalue weighted by atomic mass is 10.2. The molecule has 100 valence electrons. The highest BCUT2D eigenvalue weighted by Gasteiger charge is 2.27. The molecule has 0 aromatic carbocycles. The van der Waals surface area contributed by atoms with Crippen molar-refractivity contribution in [1.29, 1.82) is 0 Å². The van der Waals surface area contributed by atoms with Gasteiger partial charge in [0.1, 0.15) is 5.69 Å². The molecule has 0 saturated heterocycles. The average Bonchev–Trinajstić information content (AvgIpc) is 2.23. The van der Waals surface area contributed by atoms with Crippen LogP contribution in [0.2, 0.25) is 0 Å². The Bertz CT molecular complexity index is 449. The van der Waals surface area contributed by atoms with E-state index in [9.17, 15) is 10.1 Å². The summed E-state index contributed by atoms with van der Waals surface area (Å²) in [5.74, 6) is 0.130. The van der Waals surface area contributed by atoms with Gasteiger partial charge >= 0.3 is 5.69 Å². The Morgan fingerprint density at radius 2 is 2.11 bits per heavy atom. The van der Waals surface area contributed by atoms with Crippen LogP contribution in [-0.4, -0.2) is 39.2 Å². The van der Waals surface area contributed by atoms with E-state index in [1.807, 2.05) is 13.8 Å². The summed E-state index contributed by atoms with van der Waals surface area (Å²) in [7, 11) is 0. The Balaban J connectivity index is 3.39. The number of hydrogen-bond acceptors (Lipinski definition) is 7. The highest BCUT2D eigenvalue weighted by molar-refractivity contribution is 5.62. The van der Waals surface area contributed by atoms with Crippen molar-refractivity contribution in [2.45, 2.75) is 26.8 Å². The van der Waals surface area contributed by atoms with Crippen LogP contribution in [0.15, 0.2) is 0 Å². The number of anilines is 2. The molecule has 0 amide bonds. The number of hydrogen-bond donors (Lipinski definition) is 2. The molecule has 8 heteroatoms. The minimum absolute atomic E-state index is 0.0170. The number of aliphatic hydroxyl groups is 1. The zero-order valence-corrected chi connectivity index (χ0v) is 10.6. The zero-order chi connectivity index (χ0) is 13.9. The molecular weight excluding hydrogens is 238 g/mol. The van der Waals surface area contributed by atoms with Gasteiger partial charge in [-0.2, -0.15) is 4.98 Å². The first-order chi connectivity index (χ1) is 8.38. The third-order valence-corrected chi connectivity index (χ3v) is 2.48. The van der Waals surface area contributed by atoms with Crippen molar-refractivity contribution in [3.05, 3.63) is 15.8 Å². The Labute approximate surface area is 105 Å². The van der Waals surface area contributed by atoms with E-state index in [4.69, 9.17) is 10.8 Å². The molecule has 0 saturated carbocycles. The molecule has 1 aromatic rings. The number of nitrogens with two attached hydrogens (primary N) is 1. The van der Waals surface area contributed by atoms with E-state index in [-0.39, 0.29) is 42.3 Å². The summed E-state index contributed by atoms with van der Waals surface area (Å²) in [6.07, 6.45) is 0. The minimum Gasteiger partial charge on any atom is -0.395 e. The number of nitrogens with zero attached hydrogens (tertiary/aromatic N) is 4. The fourth-order valence-electron chi connectivity index (χ4n) is 1.70. The smallest absolute Gasteiger partial charge is 0.332 e. The number of aliphatic hydroxyl groups excluding tert-OH is 1. The Kier molecular flexibility index (Phi) is 4.38. The van der Waals surface area contributed by atoms with Crippen LogP contribution in [0.25, 0.3) is 0 Å². The zero-order valence-electron chi connectivity index (χ0n) is 10.6. The monoisotopic (exact) mass is 255 g/mol. The Morgan fingerprint density at radius 3 is 2.56 bits per heavy atom. The lowest BCUT2D eigenvalue weighted by Gasteiger charge is -2.26. The van der Waals surface area contributed by atoms with Crippen molar-refractivity contribution < 1.29 is 10.0 Å². The van der Waals surface area contributed by atoms with Crippen molar-refractivity contribution >= 4 is 17.5 Å². The third kappa shape index (κ3) is 2.83. The normalized spacial score (nSPS) is 10.7. The summed E-state index contributed by atoms with van der Waals surface area (Å²) in [5, 5.41) is 20.1. The Hall–Kier alpha value is -1.96. The average molecular weight is 255 g/mol. The van der Waals surface area contributed by atoms with Gasteiger partial charge in [-0.15, -0.1) is 0 Å². The molecule has 0 aliphatic carbocycles. The summed E-state index contributed by atoms with van der Waals surface area (Å²) in [6.45, 7) is 5.34. The molecule has 0 aliphatic heterocycles. The lowest BCUT2D eigenvalue weighted by molar-refractivity contribution is -0.385. The van der Waals surface area contributed by atoms with Gasteiger partial charge in [-0.05, 0) is 20.8 Å². The molecule has 8 nitrogen and oxygen atoms in total. The van der Waals surface area contributed by atoms with E-state index in [0.717, 1.165) is 0 Å². The van der Waals surface area contributed by atoms with E-state index in [1.165, 1.54) is 6.92 Å². The predicted molar refractivity (Wildman–Crippen MR) is 67.4 cm³/mol. The van der Waals surface area contributed by atoms with Crippen LogP contribution in [0.4, 0.5) is 17.5 Å². The minimum atomic E-state index is -0.531. The number of rotatable bonds is 5. The van der Waals surface area contributed by atoms with Crippen molar-refractivity contribution in [2.75, 3.05) is 23.8 Å². The van der Waals surface area contributed by atoms with E-state index in [1.54, 1.807) is 4.90 Å². The summed E-state index contributed by atoms with van der Waals surface area (Å²) in [6, 6.07) is -0.0513. The van der Waals surface area contributed by atoms with Crippen LogP contribution in [0.3, 0.4) is 0 Å². The molecule has 0 bridgehead atoms. The van der Waals surface area contributed by atoms with Gasteiger partial charge in [0, 0.05) is 12.6 Å². The van der Waals surface area contributed by atoms with Gasteiger partial charge in [-0.1, -0.05) is 0 Å². The van der Waals surface area contributed by atoms with Crippen molar-refractivity contribution in [3.63, 3.8) is 0 Å². The molecule has 3 N–H and O–H groups in total. The Morgan fingerprint density at radius 1 is 1.50 bits per heavy atom. The fraction of sp³-hybridized carbons (Fsp3) is 0.600. The molecule has 0 unspecified atom stereocenters. The third-order valence-electron chi connectivity index (χ3n) is 2.48. The summed E-state index contributed by atoms with van der Waals surface area (Å²) in [5.41, 5.74) is 5.57. The van der Waals surface area contributed by atoms with Crippen molar-refractivity contribution in [3.8, 4) is 0 Å². The molecule has 0 aliphatic rings. The standard InChI is InChI=1S/C10H17N5O3/c1-6(2)14(4-5-16)9-8(15(17)18)7(3)12-10(11)13-9/h6,16H,4-5H2,1-3H3,(H2,11,12,13). The first kappa shape index (κ1) is 14.1. The summed E-state index contributed by atoms with van der Waals surface area (Å²) < 4.78 is 0. The molecule has 1 heterocycles. The van der Waals surface area contributed by atoms with Crippen LogP contribution in [0.5, 0.6) is 0 Å². The molecule has 0 atom stereocenters. The molecule has 0 fully saturated rings. The van der Waals surface area contributed by atoms with Gasteiger partial charge in [0.05, 0.1) is 11.5 Å². The first-order valence-corrected chi connectivity index (χ1v) is 5.54. The number of nitro groups is 1. The van der Waals surface area contributed by atoms with Crippen LogP contribution >= 0.6 is 0 Å². The van der Waals surface area contributed by atoms with Crippen molar-refractivity contribution in [1.82, 2.24) is 9.97 Å². The lowest BCUT2D eigenvalue weighted by Crippen LogP contribution is -2.35. The van der Waals surface area contributed by atoms with E-state index in [0.29, 0.717) is 0 Å². The van der Waals surface area contributed by atoms with E-state index in [2.05, 4.69) is 9.97 Å². The van der Waals surface area contributed by atoms with Crippen LogP contribution in [0.1, 0.15) is 19.5 Å². The van der Waals surface area contributed by atoms with Crippen LogP contribution in [-0.2, 0) is 0 Å². The first-order valence-electron chi connectivity index (χ1n) is 5.54. The molecule has 1 rings (SSSR count). The van der Waals surface area contributed by atoms with Crippen LogP contribution in [0, 0.1) is 17.0 Å². The van der Waals surface area contributed by atoms with E-state index < -0.39 is 4.92 Å². The van der Waals surface area contributed by atoms with Gasteiger partial charge in [0.25, 0.3) is 0 Å². The predicted octanol–water partition coefficient (Wildman–Crippen LogP) is 0.483.